The van der Waals surface area contributed by atoms with Crippen molar-refractivity contribution in [3.05, 3.63) is 35.4 Å². The fourth-order valence-corrected chi connectivity index (χ4v) is 2.11. The van der Waals surface area contributed by atoms with Gasteiger partial charge in [-0.15, -0.1) is 0 Å². The molecule has 5 heteroatoms. The van der Waals surface area contributed by atoms with E-state index in [0.29, 0.717) is 12.5 Å². The minimum atomic E-state index is -0.945. The van der Waals surface area contributed by atoms with Gasteiger partial charge in [-0.25, -0.2) is 9.59 Å². The van der Waals surface area contributed by atoms with Gasteiger partial charge < -0.3 is 15.3 Å². The molecule has 19 heavy (non-hydrogen) atoms. The Morgan fingerprint density at radius 2 is 1.95 bits per heavy atom. The number of benzene rings is 1. The first-order chi connectivity index (χ1) is 8.99. The Morgan fingerprint density at radius 3 is 2.42 bits per heavy atom. The van der Waals surface area contributed by atoms with Gasteiger partial charge in [0.15, 0.2) is 0 Å². The highest BCUT2D eigenvalue weighted by atomic mass is 16.4. The number of carboxylic acid groups (broad SMARTS) is 1. The molecule has 2 rings (SSSR count). The van der Waals surface area contributed by atoms with E-state index in [1.165, 1.54) is 12.1 Å². The largest absolute Gasteiger partial charge is 0.478 e. The van der Waals surface area contributed by atoms with E-state index < -0.39 is 5.97 Å². The van der Waals surface area contributed by atoms with E-state index in [4.69, 9.17) is 5.11 Å². The van der Waals surface area contributed by atoms with Gasteiger partial charge in [0.1, 0.15) is 0 Å². The van der Waals surface area contributed by atoms with Crippen LogP contribution in [0, 0.1) is 5.92 Å². The second-order valence-electron chi connectivity index (χ2n) is 5.03. The Kier molecular flexibility index (Phi) is 3.74. The van der Waals surface area contributed by atoms with E-state index in [9.17, 15) is 9.59 Å². The van der Waals surface area contributed by atoms with E-state index in [1.54, 1.807) is 17.0 Å². The number of carboxylic acids is 1. The maximum absolute atomic E-state index is 11.9. The molecule has 1 heterocycles. The molecule has 2 N–H and O–H groups in total. The van der Waals surface area contributed by atoms with E-state index in [0.717, 1.165) is 12.1 Å². The van der Waals surface area contributed by atoms with Crippen LogP contribution in [0.25, 0.3) is 0 Å². The van der Waals surface area contributed by atoms with Crippen LogP contribution < -0.4 is 5.32 Å². The van der Waals surface area contributed by atoms with Gasteiger partial charge >= 0.3 is 12.0 Å². The molecule has 5 nitrogen and oxygen atoms in total. The van der Waals surface area contributed by atoms with Crippen molar-refractivity contribution in [2.75, 3.05) is 6.54 Å². The monoisotopic (exact) mass is 262 g/mol. The first-order valence-corrected chi connectivity index (χ1v) is 6.35. The highest BCUT2D eigenvalue weighted by Crippen LogP contribution is 2.23. The molecule has 0 radical (unpaired) electrons. The Hall–Kier alpha value is -2.04. The Balaban J connectivity index is 1.85. The molecule has 1 fully saturated rings. The quantitative estimate of drug-likeness (QED) is 0.874. The summed E-state index contributed by atoms with van der Waals surface area (Å²) in [7, 11) is 0. The number of carbonyl (C=O) groups excluding carboxylic acids is 1. The molecule has 0 aromatic heterocycles. The lowest BCUT2D eigenvalue weighted by Gasteiger charge is -2.44. The normalized spacial score (nSPS) is 21.7. The SMILES string of the molecule is CC1CN(C(=O)NCc2ccc(C(=O)O)cc2)C1C. The van der Waals surface area contributed by atoms with Crippen LogP contribution in [0.15, 0.2) is 24.3 Å². The first kappa shape index (κ1) is 13.4. The van der Waals surface area contributed by atoms with Gasteiger partial charge in [0.25, 0.3) is 0 Å². The second-order valence-corrected chi connectivity index (χ2v) is 5.03. The maximum Gasteiger partial charge on any atom is 0.335 e. The fourth-order valence-electron chi connectivity index (χ4n) is 2.11. The molecule has 1 aliphatic rings. The van der Waals surface area contributed by atoms with Crippen molar-refractivity contribution >= 4 is 12.0 Å². The summed E-state index contributed by atoms with van der Waals surface area (Å²) in [6, 6.07) is 6.73. The van der Waals surface area contributed by atoms with Crippen molar-refractivity contribution in [1.29, 1.82) is 0 Å². The molecular formula is C14H18N2O3. The second kappa shape index (κ2) is 5.30. The van der Waals surface area contributed by atoms with Gasteiger partial charge in [0.2, 0.25) is 0 Å². The van der Waals surface area contributed by atoms with Gasteiger partial charge in [0, 0.05) is 19.1 Å². The molecule has 1 aliphatic heterocycles. The fraction of sp³-hybridized carbons (Fsp3) is 0.429. The summed E-state index contributed by atoms with van der Waals surface area (Å²) in [4.78, 5) is 24.4. The molecule has 2 atom stereocenters. The van der Waals surface area contributed by atoms with Gasteiger partial charge in [-0.3, -0.25) is 0 Å². The van der Waals surface area contributed by atoms with Crippen molar-refractivity contribution < 1.29 is 14.7 Å². The van der Waals surface area contributed by atoms with Crippen LogP contribution in [0.4, 0.5) is 4.79 Å². The molecule has 1 aromatic rings. The van der Waals surface area contributed by atoms with Crippen LogP contribution in [-0.4, -0.2) is 34.6 Å². The molecule has 1 saturated heterocycles. The van der Waals surface area contributed by atoms with E-state index in [2.05, 4.69) is 12.2 Å². The number of likely N-dealkylation sites (tertiary alicyclic amines) is 1. The van der Waals surface area contributed by atoms with E-state index in [-0.39, 0.29) is 17.6 Å². The van der Waals surface area contributed by atoms with E-state index >= 15 is 0 Å². The number of aromatic carboxylic acids is 1. The highest BCUT2D eigenvalue weighted by molar-refractivity contribution is 5.87. The maximum atomic E-state index is 11.9. The number of hydrogen-bond donors (Lipinski definition) is 2. The van der Waals surface area contributed by atoms with Gasteiger partial charge in [-0.2, -0.15) is 0 Å². The molecule has 0 aliphatic carbocycles. The minimum absolute atomic E-state index is 0.0621. The van der Waals surface area contributed by atoms with Gasteiger partial charge in [0.05, 0.1) is 5.56 Å². The van der Waals surface area contributed by atoms with Crippen molar-refractivity contribution in [3.63, 3.8) is 0 Å². The zero-order valence-electron chi connectivity index (χ0n) is 11.1. The van der Waals surface area contributed by atoms with Gasteiger partial charge in [-0.05, 0) is 30.5 Å². The summed E-state index contributed by atoms with van der Waals surface area (Å²) in [5.74, 6) is -0.389. The third-order valence-corrected chi connectivity index (χ3v) is 3.71. The predicted molar refractivity (Wildman–Crippen MR) is 71.0 cm³/mol. The Labute approximate surface area is 112 Å². The number of nitrogens with one attached hydrogen (secondary N) is 1. The molecule has 0 spiro atoms. The summed E-state index contributed by atoms with van der Waals surface area (Å²) in [5, 5.41) is 11.6. The van der Waals surface area contributed by atoms with Crippen LogP contribution in [0.5, 0.6) is 0 Å². The lowest BCUT2D eigenvalue weighted by molar-refractivity contribution is 0.0694. The van der Waals surface area contributed by atoms with E-state index in [1.807, 2.05) is 6.92 Å². The van der Waals surface area contributed by atoms with Crippen LogP contribution in [0.2, 0.25) is 0 Å². The third kappa shape index (κ3) is 2.86. The first-order valence-electron chi connectivity index (χ1n) is 6.35. The number of amides is 2. The molecule has 2 unspecified atom stereocenters. The Morgan fingerprint density at radius 1 is 1.32 bits per heavy atom. The number of rotatable bonds is 3. The number of hydrogen-bond acceptors (Lipinski definition) is 2. The number of carbonyl (C=O) groups is 2. The molecule has 102 valence electrons. The lowest BCUT2D eigenvalue weighted by Crippen LogP contribution is -2.58. The lowest BCUT2D eigenvalue weighted by atomic mass is 9.93. The number of nitrogens with zero attached hydrogens (tertiary/aromatic N) is 1. The van der Waals surface area contributed by atoms with Crippen LogP contribution in [0.1, 0.15) is 29.8 Å². The van der Waals surface area contributed by atoms with Crippen LogP contribution in [0.3, 0.4) is 0 Å². The molecule has 0 saturated carbocycles. The van der Waals surface area contributed by atoms with Crippen molar-refractivity contribution in [1.82, 2.24) is 10.2 Å². The summed E-state index contributed by atoms with van der Waals surface area (Å²) in [5.41, 5.74) is 1.14. The Bertz CT molecular complexity index is 484. The standard InChI is InChI=1S/C14H18N2O3/c1-9-8-16(10(9)2)14(19)15-7-11-3-5-12(6-4-11)13(17)18/h3-6,9-10H,7-8H2,1-2H3,(H,15,19)(H,17,18). The van der Waals surface area contributed by atoms with Crippen molar-refractivity contribution in [2.24, 2.45) is 5.92 Å². The molecule has 0 bridgehead atoms. The summed E-state index contributed by atoms with van der Waals surface area (Å²) in [6.45, 7) is 5.37. The topological polar surface area (TPSA) is 69.6 Å². The van der Waals surface area contributed by atoms with Gasteiger partial charge in [-0.1, -0.05) is 19.1 Å². The molecule has 1 aromatic carbocycles. The van der Waals surface area contributed by atoms with Crippen LogP contribution in [-0.2, 0) is 6.54 Å². The summed E-state index contributed by atoms with van der Waals surface area (Å²) >= 11 is 0. The number of urea groups is 1. The third-order valence-electron chi connectivity index (χ3n) is 3.71. The highest BCUT2D eigenvalue weighted by Gasteiger charge is 2.35. The summed E-state index contributed by atoms with van der Waals surface area (Å²) in [6.07, 6.45) is 0. The predicted octanol–water partition coefficient (Wildman–Crippen LogP) is 1.93. The van der Waals surface area contributed by atoms with Crippen molar-refractivity contribution in [2.45, 2.75) is 26.4 Å². The van der Waals surface area contributed by atoms with Crippen LogP contribution >= 0.6 is 0 Å². The molecular weight excluding hydrogens is 244 g/mol. The van der Waals surface area contributed by atoms with Crippen molar-refractivity contribution in [3.8, 4) is 0 Å². The molecule has 2 amide bonds. The minimum Gasteiger partial charge on any atom is -0.478 e. The average Bonchev–Trinajstić information content (AvgIpc) is 2.42. The zero-order valence-corrected chi connectivity index (χ0v) is 11.1. The average molecular weight is 262 g/mol. The zero-order chi connectivity index (χ0) is 14.0. The summed E-state index contributed by atoms with van der Waals surface area (Å²) < 4.78 is 0. The smallest absolute Gasteiger partial charge is 0.335 e.